The first kappa shape index (κ1) is 15.8. The standard InChI is InChI=1S/C16H21ClN2O2/c1-3-5-14-16(21)19(9-8-15(20)18-14)11(2)12-6-4-7-13(17)10-12/h4,6-7,10-11,14H,3,5,8-9H2,1-2H3,(H,18,20). The molecule has 0 spiro atoms. The summed E-state index contributed by atoms with van der Waals surface area (Å²) in [6.07, 6.45) is 1.87. The van der Waals surface area contributed by atoms with E-state index in [1.165, 1.54) is 0 Å². The van der Waals surface area contributed by atoms with Crippen LogP contribution < -0.4 is 5.32 Å². The Kier molecular flexibility index (Phi) is 5.23. The Morgan fingerprint density at radius 2 is 2.19 bits per heavy atom. The molecule has 0 aliphatic carbocycles. The molecule has 2 atom stereocenters. The highest BCUT2D eigenvalue weighted by atomic mass is 35.5. The number of nitrogens with zero attached hydrogens (tertiary/aromatic N) is 1. The SMILES string of the molecule is CCCC1NC(=O)CCN(C(C)c2cccc(Cl)c2)C1=O. The highest BCUT2D eigenvalue weighted by Gasteiger charge is 2.32. The molecule has 114 valence electrons. The summed E-state index contributed by atoms with van der Waals surface area (Å²) in [7, 11) is 0. The Labute approximate surface area is 130 Å². The fourth-order valence-electron chi connectivity index (χ4n) is 2.68. The van der Waals surface area contributed by atoms with Gasteiger partial charge in [0.1, 0.15) is 6.04 Å². The lowest BCUT2D eigenvalue weighted by Gasteiger charge is -2.30. The number of carbonyl (C=O) groups excluding carboxylic acids is 2. The zero-order chi connectivity index (χ0) is 15.4. The molecular weight excluding hydrogens is 288 g/mol. The second-order valence-electron chi connectivity index (χ2n) is 5.42. The van der Waals surface area contributed by atoms with E-state index in [1.54, 1.807) is 4.90 Å². The van der Waals surface area contributed by atoms with E-state index in [2.05, 4.69) is 5.32 Å². The monoisotopic (exact) mass is 308 g/mol. The molecule has 1 aromatic carbocycles. The third-order valence-corrected chi connectivity index (χ3v) is 4.11. The van der Waals surface area contributed by atoms with Crippen LogP contribution in [0.15, 0.2) is 24.3 Å². The minimum absolute atomic E-state index is 0.00447. The Morgan fingerprint density at radius 1 is 1.43 bits per heavy atom. The van der Waals surface area contributed by atoms with Crippen molar-refractivity contribution in [2.75, 3.05) is 6.54 Å². The topological polar surface area (TPSA) is 49.4 Å². The fourth-order valence-corrected chi connectivity index (χ4v) is 2.87. The van der Waals surface area contributed by atoms with E-state index in [0.29, 0.717) is 24.4 Å². The van der Waals surface area contributed by atoms with Gasteiger partial charge in [-0.1, -0.05) is 37.1 Å². The van der Waals surface area contributed by atoms with Crippen molar-refractivity contribution in [3.8, 4) is 0 Å². The highest BCUT2D eigenvalue weighted by molar-refractivity contribution is 6.30. The number of benzene rings is 1. The maximum absolute atomic E-state index is 12.7. The molecular formula is C16H21ClN2O2. The summed E-state index contributed by atoms with van der Waals surface area (Å²) < 4.78 is 0. The van der Waals surface area contributed by atoms with Crippen LogP contribution in [0.3, 0.4) is 0 Å². The zero-order valence-electron chi connectivity index (χ0n) is 12.4. The second kappa shape index (κ2) is 6.94. The maximum Gasteiger partial charge on any atom is 0.245 e. The number of nitrogens with one attached hydrogen (secondary N) is 1. The van der Waals surface area contributed by atoms with Crippen LogP contribution in [0.1, 0.15) is 44.7 Å². The predicted molar refractivity (Wildman–Crippen MR) is 83.0 cm³/mol. The van der Waals surface area contributed by atoms with Crippen molar-refractivity contribution in [1.29, 1.82) is 0 Å². The molecule has 1 fully saturated rings. The maximum atomic E-state index is 12.7. The summed E-state index contributed by atoms with van der Waals surface area (Å²) in [5, 5.41) is 3.47. The molecule has 0 aromatic heterocycles. The van der Waals surface area contributed by atoms with Gasteiger partial charge in [0.25, 0.3) is 0 Å². The largest absolute Gasteiger partial charge is 0.344 e. The van der Waals surface area contributed by atoms with Crippen LogP contribution in [0, 0.1) is 0 Å². The van der Waals surface area contributed by atoms with Gasteiger partial charge in [0, 0.05) is 18.0 Å². The van der Waals surface area contributed by atoms with Crippen LogP contribution in [0.2, 0.25) is 5.02 Å². The number of carbonyl (C=O) groups is 2. The number of amides is 2. The van der Waals surface area contributed by atoms with E-state index in [0.717, 1.165) is 12.0 Å². The molecule has 1 heterocycles. The lowest BCUT2D eigenvalue weighted by Crippen LogP contribution is -2.45. The van der Waals surface area contributed by atoms with E-state index in [1.807, 2.05) is 38.1 Å². The van der Waals surface area contributed by atoms with Crippen molar-refractivity contribution in [3.05, 3.63) is 34.9 Å². The first-order chi connectivity index (χ1) is 10.0. The fraction of sp³-hybridized carbons (Fsp3) is 0.500. The molecule has 2 unspecified atom stereocenters. The van der Waals surface area contributed by atoms with Crippen LogP contribution in [0.5, 0.6) is 0 Å². The number of hydrogen-bond acceptors (Lipinski definition) is 2. The average molecular weight is 309 g/mol. The molecule has 1 saturated heterocycles. The Hall–Kier alpha value is -1.55. The van der Waals surface area contributed by atoms with Crippen LogP contribution in [-0.2, 0) is 9.59 Å². The number of hydrogen-bond donors (Lipinski definition) is 1. The summed E-state index contributed by atoms with van der Waals surface area (Å²) in [6, 6.07) is 7.01. The van der Waals surface area contributed by atoms with Gasteiger partial charge in [-0.25, -0.2) is 0 Å². The number of rotatable bonds is 4. The van der Waals surface area contributed by atoms with E-state index in [9.17, 15) is 9.59 Å². The predicted octanol–water partition coefficient (Wildman–Crippen LogP) is 2.92. The molecule has 1 aliphatic rings. The van der Waals surface area contributed by atoms with Crippen molar-refractivity contribution in [2.45, 2.75) is 45.2 Å². The van der Waals surface area contributed by atoms with E-state index in [4.69, 9.17) is 11.6 Å². The van der Waals surface area contributed by atoms with Crippen LogP contribution in [0.25, 0.3) is 0 Å². The molecule has 0 bridgehead atoms. The van der Waals surface area contributed by atoms with E-state index < -0.39 is 6.04 Å². The zero-order valence-corrected chi connectivity index (χ0v) is 13.2. The van der Waals surface area contributed by atoms with Crippen molar-refractivity contribution in [3.63, 3.8) is 0 Å². The average Bonchev–Trinajstić information content (AvgIpc) is 2.59. The minimum Gasteiger partial charge on any atom is -0.344 e. The first-order valence-corrected chi connectivity index (χ1v) is 7.76. The molecule has 0 saturated carbocycles. The third kappa shape index (κ3) is 3.76. The van der Waals surface area contributed by atoms with Crippen molar-refractivity contribution in [2.24, 2.45) is 0 Å². The minimum atomic E-state index is -0.411. The third-order valence-electron chi connectivity index (χ3n) is 3.87. The summed E-state index contributed by atoms with van der Waals surface area (Å²) in [5.74, 6) is -0.0576. The van der Waals surface area contributed by atoms with Gasteiger partial charge in [0.15, 0.2) is 0 Å². The molecule has 1 N–H and O–H groups in total. The molecule has 1 aromatic rings. The first-order valence-electron chi connectivity index (χ1n) is 7.38. The van der Waals surface area contributed by atoms with Gasteiger partial charge in [0.05, 0.1) is 6.04 Å². The van der Waals surface area contributed by atoms with Crippen LogP contribution in [0.4, 0.5) is 0 Å². The van der Waals surface area contributed by atoms with Crippen LogP contribution >= 0.6 is 11.6 Å². The Bertz CT molecular complexity index is 533. The summed E-state index contributed by atoms with van der Waals surface area (Å²) in [5.41, 5.74) is 0.987. The molecule has 21 heavy (non-hydrogen) atoms. The lowest BCUT2D eigenvalue weighted by atomic mass is 10.0. The summed E-state index contributed by atoms with van der Waals surface area (Å²) >= 11 is 6.03. The summed E-state index contributed by atoms with van der Waals surface area (Å²) in [4.78, 5) is 26.2. The molecule has 5 heteroatoms. The van der Waals surface area contributed by atoms with Gasteiger partial charge in [-0.3, -0.25) is 9.59 Å². The molecule has 4 nitrogen and oxygen atoms in total. The molecule has 2 rings (SSSR count). The Morgan fingerprint density at radius 3 is 2.86 bits per heavy atom. The van der Waals surface area contributed by atoms with Gasteiger partial charge in [0.2, 0.25) is 11.8 Å². The van der Waals surface area contributed by atoms with Gasteiger partial charge >= 0.3 is 0 Å². The van der Waals surface area contributed by atoms with Crippen LogP contribution in [-0.4, -0.2) is 29.3 Å². The van der Waals surface area contributed by atoms with E-state index in [-0.39, 0.29) is 17.9 Å². The lowest BCUT2D eigenvalue weighted by molar-refractivity contribution is -0.135. The van der Waals surface area contributed by atoms with Gasteiger partial charge in [-0.2, -0.15) is 0 Å². The van der Waals surface area contributed by atoms with Gasteiger partial charge in [-0.05, 0) is 31.0 Å². The highest BCUT2D eigenvalue weighted by Crippen LogP contribution is 2.25. The number of halogens is 1. The van der Waals surface area contributed by atoms with Crippen molar-refractivity contribution >= 4 is 23.4 Å². The van der Waals surface area contributed by atoms with Crippen molar-refractivity contribution in [1.82, 2.24) is 10.2 Å². The van der Waals surface area contributed by atoms with E-state index >= 15 is 0 Å². The summed E-state index contributed by atoms with van der Waals surface area (Å²) in [6.45, 7) is 4.43. The quantitative estimate of drug-likeness (QED) is 0.929. The van der Waals surface area contributed by atoms with Gasteiger partial charge < -0.3 is 10.2 Å². The molecule has 0 radical (unpaired) electrons. The molecule has 2 amide bonds. The van der Waals surface area contributed by atoms with Crippen molar-refractivity contribution < 1.29 is 9.59 Å². The Balaban J connectivity index is 2.23. The second-order valence-corrected chi connectivity index (χ2v) is 5.86. The molecule has 1 aliphatic heterocycles. The normalized spacial score (nSPS) is 20.9. The smallest absolute Gasteiger partial charge is 0.245 e. The van der Waals surface area contributed by atoms with Gasteiger partial charge in [-0.15, -0.1) is 0 Å².